The highest BCUT2D eigenvalue weighted by Crippen LogP contribution is 2.20. The third-order valence-corrected chi connectivity index (χ3v) is 3.74. The molecule has 6 heteroatoms. The van der Waals surface area contributed by atoms with Crippen molar-refractivity contribution in [3.05, 3.63) is 35.9 Å². The number of hydrogen-bond donors (Lipinski definition) is 3. The number of rotatable bonds is 6. The summed E-state index contributed by atoms with van der Waals surface area (Å²) in [6, 6.07) is 10.2. The Labute approximate surface area is 143 Å². The van der Waals surface area contributed by atoms with E-state index in [1.165, 1.54) is 0 Å². The summed E-state index contributed by atoms with van der Waals surface area (Å²) in [6.07, 6.45) is 1.24. The van der Waals surface area contributed by atoms with Crippen molar-refractivity contribution in [3.63, 3.8) is 0 Å². The van der Waals surface area contributed by atoms with Gasteiger partial charge < -0.3 is 20.7 Å². The SMILES string of the molecule is CC(C)(C)OC(=O)NC1CC(NCC(=O)NCc2ccccc2)C1. The molecule has 0 atom stereocenters. The second-order valence-corrected chi connectivity index (χ2v) is 7.15. The lowest BCUT2D eigenvalue weighted by molar-refractivity contribution is -0.120. The van der Waals surface area contributed by atoms with E-state index in [0.717, 1.165) is 18.4 Å². The second-order valence-electron chi connectivity index (χ2n) is 7.15. The molecule has 2 rings (SSSR count). The van der Waals surface area contributed by atoms with Crippen LogP contribution in [0.4, 0.5) is 4.79 Å². The summed E-state index contributed by atoms with van der Waals surface area (Å²) in [5.41, 5.74) is 0.596. The summed E-state index contributed by atoms with van der Waals surface area (Å²) in [5, 5.41) is 8.92. The molecule has 1 aromatic carbocycles. The maximum absolute atomic E-state index is 11.8. The van der Waals surface area contributed by atoms with Gasteiger partial charge in [-0.1, -0.05) is 30.3 Å². The Hall–Kier alpha value is -2.08. The Balaban J connectivity index is 1.55. The van der Waals surface area contributed by atoms with Crippen molar-refractivity contribution in [1.29, 1.82) is 0 Å². The Morgan fingerprint density at radius 3 is 2.42 bits per heavy atom. The van der Waals surface area contributed by atoms with E-state index < -0.39 is 5.60 Å². The molecule has 1 saturated carbocycles. The number of benzene rings is 1. The molecule has 0 bridgehead atoms. The molecular formula is C18H27N3O3. The zero-order valence-electron chi connectivity index (χ0n) is 14.6. The van der Waals surface area contributed by atoms with Crippen LogP contribution in [-0.2, 0) is 16.1 Å². The molecule has 0 aromatic heterocycles. The Kier molecular flexibility index (Phi) is 6.20. The molecule has 6 nitrogen and oxygen atoms in total. The number of ether oxygens (including phenoxy) is 1. The van der Waals surface area contributed by atoms with E-state index in [4.69, 9.17) is 4.74 Å². The first-order valence-electron chi connectivity index (χ1n) is 8.35. The van der Waals surface area contributed by atoms with Gasteiger partial charge in [0.15, 0.2) is 0 Å². The van der Waals surface area contributed by atoms with Crippen LogP contribution in [0.15, 0.2) is 30.3 Å². The maximum atomic E-state index is 11.8. The fraction of sp³-hybridized carbons (Fsp3) is 0.556. The number of carbonyl (C=O) groups excluding carboxylic acids is 2. The Morgan fingerprint density at radius 1 is 1.12 bits per heavy atom. The predicted octanol–water partition coefficient (Wildman–Crippen LogP) is 1.95. The van der Waals surface area contributed by atoms with Crippen LogP contribution < -0.4 is 16.0 Å². The average molecular weight is 333 g/mol. The molecule has 0 unspecified atom stereocenters. The third kappa shape index (κ3) is 6.58. The van der Waals surface area contributed by atoms with Gasteiger partial charge in [-0.15, -0.1) is 0 Å². The second kappa shape index (κ2) is 8.15. The Morgan fingerprint density at radius 2 is 1.79 bits per heavy atom. The van der Waals surface area contributed by atoms with Gasteiger partial charge in [-0.25, -0.2) is 4.79 Å². The van der Waals surface area contributed by atoms with Gasteiger partial charge in [-0.3, -0.25) is 4.79 Å². The van der Waals surface area contributed by atoms with Crippen LogP contribution in [0.5, 0.6) is 0 Å². The first kappa shape index (κ1) is 18.3. The summed E-state index contributed by atoms with van der Waals surface area (Å²) in [4.78, 5) is 23.5. The van der Waals surface area contributed by atoms with E-state index in [9.17, 15) is 9.59 Å². The van der Waals surface area contributed by atoms with E-state index in [-0.39, 0.29) is 30.6 Å². The Bertz CT molecular complexity index is 548. The molecule has 3 N–H and O–H groups in total. The lowest BCUT2D eigenvalue weighted by atomic mass is 9.87. The summed E-state index contributed by atoms with van der Waals surface area (Å²) in [6.45, 7) is 6.34. The quantitative estimate of drug-likeness (QED) is 0.743. The van der Waals surface area contributed by atoms with Crippen LogP contribution in [0.25, 0.3) is 0 Å². The third-order valence-electron chi connectivity index (χ3n) is 3.74. The number of carbonyl (C=O) groups is 2. The highest BCUT2D eigenvalue weighted by Gasteiger charge is 2.31. The number of hydrogen-bond acceptors (Lipinski definition) is 4. The van der Waals surface area contributed by atoms with Gasteiger partial charge in [-0.05, 0) is 39.2 Å². The first-order valence-corrected chi connectivity index (χ1v) is 8.35. The van der Waals surface area contributed by atoms with E-state index in [0.29, 0.717) is 6.54 Å². The lowest BCUT2D eigenvalue weighted by Gasteiger charge is -2.36. The van der Waals surface area contributed by atoms with E-state index in [1.807, 2.05) is 51.1 Å². The highest BCUT2D eigenvalue weighted by molar-refractivity contribution is 5.78. The van der Waals surface area contributed by atoms with Gasteiger partial charge in [0.1, 0.15) is 5.60 Å². The zero-order chi connectivity index (χ0) is 17.6. The summed E-state index contributed by atoms with van der Waals surface area (Å²) in [5.74, 6) is -0.0256. The van der Waals surface area contributed by atoms with Gasteiger partial charge >= 0.3 is 6.09 Å². The summed E-state index contributed by atoms with van der Waals surface area (Å²) >= 11 is 0. The minimum Gasteiger partial charge on any atom is -0.444 e. The molecule has 2 amide bonds. The van der Waals surface area contributed by atoms with Crippen molar-refractivity contribution in [1.82, 2.24) is 16.0 Å². The van der Waals surface area contributed by atoms with Crippen LogP contribution in [-0.4, -0.2) is 36.2 Å². The molecule has 0 radical (unpaired) electrons. The molecule has 1 fully saturated rings. The van der Waals surface area contributed by atoms with Crippen molar-refractivity contribution < 1.29 is 14.3 Å². The lowest BCUT2D eigenvalue weighted by Crippen LogP contribution is -2.54. The van der Waals surface area contributed by atoms with Gasteiger partial charge in [0.2, 0.25) is 5.91 Å². The molecular weight excluding hydrogens is 306 g/mol. The standard InChI is InChI=1S/C18H27N3O3/c1-18(2,3)24-17(23)21-15-9-14(10-15)19-12-16(22)20-11-13-7-5-4-6-8-13/h4-8,14-15,19H,9-12H2,1-3H3,(H,20,22)(H,21,23). The van der Waals surface area contributed by atoms with Gasteiger partial charge in [0.05, 0.1) is 6.54 Å². The number of alkyl carbamates (subject to hydrolysis) is 1. The molecule has 0 saturated heterocycles. The van der Waals surface area contributed by atoms with Gasteiger partial charge in [0.25, 0.3) is 0 Å². The van der Waals surface area contributed by atoms with Crippen molar-refractivity contribution in [3.8, 4) is 0 Å². The molecule has 0 heterocycles. The van der Waals surface area contributed by atoms with E-state index >= 15 is 0 Å². The average Bonchev–Trinajstić information content (AvgIpc) is 2.46. The topological polar surface area (TPSA) is 79.5 Å². The smallest absolute Gasteiger partial charge is 0.407 e. The largest absolute Gasteiger partial charge is 0.444 e. The predicted molar refractivity (Wildman–Crippen MR) is 92.5 cm³/mol. The zero-order valence-corrected chi connectivity index (χ0v) is 14.6. The van der Waals surface area contributed by atoms with Crippen LogP contribution in [0.3, 0.4) is 0 Å². The van der Waals surface area contributed by atoms with Crippen LogP contribution >= 0.6 is 0 Å². The molecule has 0 aliphatic heterocycles. The van der Waals surface area contributed by atoms with Gasteiger partial charge in [-0.2, -0.15) is 0 Å². The highest BCUT2D eigenvalue weighted by atomic mass is 16.6. The van der Waals surface area contributed by atoms with Crippen molar-refractivity contribution in [2.24, 2.45) is 0 Å². The first-order chi connectivity index (χ1) is 11.3. The number of amides is 2. The molecule has 132 valence electrons. The maximum Gasteiger partial charge on any atom is 0.407 e. The van der Waals surface area contributed by atoms with Crippen LogP contribution in [0, 0.1) is 0 Å². The van der Waals surface area contributed by atoms with E-state index in [1.54, 1.807) is 0 Å². The minimum absolute atomic E-state index is 0.0256. The molecule has 1 aliphatic rings. The van der Waals surface area contributed by atoms with Crippen LogP contribution in [0.1, 0.15) is 39.2 Å². The fourth-order valence-corrected chi connectivity index (χ4v) is 2.47. The molecule has 1 aromatic rings. The normalized spacial score (nSPS) is 20.0. The van der Waals surface area contributed by atoms with Crippen molar-refractivity contribution >= 4 is 12.0 Å². The molecule has 1 aliphatic carbocycles. The van der Waals surface area contributed by atoms with Crippen molar-refractivity contribution in [2.75, 3.05) is 6.54 Å². The van der Waals surface area contributed by atoms with Crippen molar-refractivity contribution in [2.45, 2.75) is 57.8 Å². The monoisotopic (exact) mass is 333 g/mol. The number of nitrogens with one attached hydrogen (secondary N) is 3. The van der Waals surface area contributed by atoms with Crippen LogP contribution in [0.2, 0.25) is 0 Å². The molecule has 0 spiro atoms. The summed E-state index contributed by atoms with van der Waals surface area (Å²) < 4.78 is 5.22. The van der Waals surface area contributed by atoms with E-state index in [2.05, 4.69) is 16.0 Å². The summed E-state index contributed by atoms with van der Waals surface area (Å²) in [7, 11) is 0. The minimum atomic E-state index is -0.484. The molecule has 24 heavy (non-hydrogen) atoms. The fourth-order valence-electron chi connectivity index (χ4n) is 2.47. The van der Waals surface area contributed by atoms with Gasteiger partial charge in [0, 0.05) is 18.6 Å².